The maximum Gasteiger partial charge on any atom is 0.267 e. The highest BCUT2D eigenvalue weighted by Crippen LogP contribution is 2.17. The van der Waals surface area contributed by atoms with Crippen molar-refractivity contribution in [3.63, 3.8) is 0 Å². The zero-order valence-electron chi connectivity index (χ0n) is 13.9. The SMILES string of the molecule is CC.CCCC(CC)NC(=O)c1cc2cc(C)ccc2[nH]1. The van der Waals surface area contributed by atoms with E-state index in [4.69, 9.17) is 0 Å². The standard InChI is InChI=1S/C16H22N2O.C2H6/c1-4-6-13(5-2)17-16(19)15-10-12-9-11(3)7-8-14(12)18-15;1-2/h7-10,13,18H,4-6H2,1-3H3,(H,17,19);1-2H3. The summed E-state index contributed by atoms with van der Waals surface area (Å²) in [4.78, 5) is 15.4. The highest BCUT2D eigenvalue weighted by atomic mass is 16.1. The number of nitrogens with one attached hydrogen (secondary N) is 2. The predicted octanol–water partition coefficient (Wildman–Crippen LogP) is 4.81. The Morgan fingerprint density at radius 2 is 1.95 bits per heavy atom. The molecular formula is C18H28N2O. The Labute approximate surface area is 128 Å². The fraction of sp³-hybridized carbons (Fsp3) is 0.500. The summed E-state index contributed by atoms with van der Waals surface area (Å²) in [5.74, 6) is -0.00541. The molecule has 0 aliphatic heterocycles. The molecule has 1 aromatic carbocycles. The number of carbonyl (C=O) groups excluding carboxylic acids is 1. The highest BCUT2D eigenvalue weighted by Gasteiger charge is 2.13. The Morgan fingerprint density at radius 3 is 2.57 bits per heavy atom. The molecule has 116 valence electrons. The molecule has 1 amide bonds. The van der Waals surface area contributed by atoms with E-state index < -0.39 is 0 Å². The van der Waals surface area contributed by atoms with Crippen LogP contribution >= 0.6 is 0 Å². The second-order valence-electron chi connectivity index (χ2n) is 5.14. The number of hydrogen-bond donors (Lipinski definition) is 2. The van der Waals surface area contributed by atoms with Gasteiger partial charge in [0.15, 0.2) is 0 Å². The fourth-order valence-corrected chi connectivity index (χ4v) is 2.36. The van der Waals surface area contributed by atoms with Gasteiger partial charge < -0.3 is 10.3 Å². The molecule has 0 saturated carbocycles. The number of H-pyrrole nitrogens is 1. The van der Waals surface area contributed by atoms with E-state index in [-0.39, 0.29) is 11.9 Å². The number of amides is 1. The van der Waals surface area contributed by atoms with Gasteiger partial charge in [-0.2, -0.15) is 0 Å². The Balaban J connectivity index is 0.00000106. The summed E-state index contributed by atoms with van der Waals surface area (Å²) in [6.07, 6.45) is 3.09. The quantitative estimate of drug-likeness (QED) is 0.814. The molecule has 2 aromatic rings. The molecule has 0 aliphatic rings. The maximum absolute atomic E-state index is 12.2. The molecule has 0 aliphatic carbocycles. The Bertz CT molecular complexity index is 572. The average molecular weight is 288 g/mol. The van der Waals surface area contributed by atoms with Gasteiger partial charge in [-0.15, -0.1) is 0 Å². The predicted molar refractivity (Wildman–Crippen MR) is 90.8 cm³/mol. The van der Waals surface area contributed by atoms with Crippen LogP contribution in [0.25, 0.3) is 10.9 Å². The van der Waals surface area contributed by atoms with E-state index in [1.165, 1.54) is 5.56 Å². The number of hydrogen-bond acceptors (Lipinski definition) is 1. The van der Waals surface area contributed by atoms with Gasteiger partial charge in [0.05, 0.1) is 0 Å². The van der Waals surface area contributed by atoms with Crippen LogP contribution in [0.2, 0.25) is 0 Å². The monoisotopic (exact) mass is 288 g/mol. The second kappa shape index (κ2) is 8.50. The molecular weight excluding hydrogens is 260 g/mol. The lowest BCUT2D eigenvalue weighted by Crippen LogP contribution is -2.34. The van der Waals surface area contributed by atoms with Gasteiger partial charge in [0.25, 0.3) is 5.91 Å². The van der Waals surface area contributed by atoms with E-state index in [9.17, 15) is 4.79 Å². The van der Waals surface area contributed by atoms with Crippen molar-refractivity contribution in [2.45, 2.75) is 59.9 Å². The minimum Gasteiger partial charge on any atom is -0.351 e. The van der Waals surface area contributed by atoms with Crippen molar-refractivity contribution in [2.24, 2.45) is 0 Å². The molecule has 1 heterocycles. The fourth-order valence-electron chi connectivity index (χ4n) is 2.36. The number of benzene rings is 1. The summed E-state index contributed by atoms with van der Waals surface area (Å²) in [7, 11) is 0. The highest BCUT2D eigenvalue weighted by molar-refractivity contribution is 5.98. The van der Waals surface area contributed by atoms with Gasteiger partial charge in [0.2, 0.25) is 0 Å². The molecule has 1 aromatic heterocycles. The van der Waals surface area contributed by atoms with Crippen LogP contribution in [-0.2, 0) is 0 Å². The summed E-state index contributed by atoms with van der Waals surface area (Å²) in [5, 5.41) is 4.18. The van der Waals surface area contributed by atoms with Crippen molar-refractivity contribution < 1.29 is 4.79 Å². The van der Waals surface area contributed by atoms with Gasteiger partial charge in [-0.25, -0.2) is 0 Å². The minimum atomic E-state index is -0.00541. The van der Waals surface area contributed by atoms with Crippen LogP contribution in [0.1, 0.15) is 63.0 Å². The number of rotatable bonds is 5. The van der Waals surface area contributed by atoms with Crippen LogP contribution in [0, 0.1) is 6.92 Å². The van der Waals surface area contributed by atoms with Gasteiger partial charge in [0, 0.05) is 16.9 Å². The van der Waals surface area contributed by atoms with Gasteiger partial charge in [0.1, 0.15) is 5.69 Å². The number of aromatic amines is 1. The first-order chi connectivity index (χ1) is 10.1. The van der Waals surface area contributed by atoms with Crippen molar-refractivity contribution in [1.29, 1.82) is 0 Å². The molecule has 21 heavy (non-hydrogen) atoms. The number of fused-ring (bicyclic) bond motifs is 1. The first-order valence-corrected chi connectivity index (χ1v) is 8.04. The molecule has 3 nitrogen and oxygen atoms in total. The van der Waals surface area contributed by atoms with Gasteiger partial charge in [-0.3, -0.25) is 4.79 Å². The molecule has 2 rings (SSSR count). The molecule has 0 fully saturated rings. The van der Waals surface area contributed by atoms with Crippen molar-refractivity contribution in [2.75, 3.05) is 0 Å². The molecule has 2 N–H and O–H groups in total. The number of aromatic nitrogens is 1. The summed E-state index contributed by atoms with van der Waals surface area (Å²) in [6.45, 7) is 10.3. The molecule has 1 unspecified atom stereocenters. The van der Waals surface area contributed by atoms with Crippen LogP contribution in [0.3, 0.4) is 0 Å². The second-order valence-corrected chi connectivity index (χ2v) is 5.14. The third-order valence-corrected chi connectivity index (χ3v) is 3.49. The van der Waals surface area contributed by atoms with Crippen molar-refractivity contribution in [3.8, 4) is 0 Å². The zero-order chi connectivity index (χ0) is 15.8. The number of carbonyl (C=O) groups is 1. The average Bonchev–Trinajstić information content (AvgIpc) is 2.91. The van der Waals surface area contributed by atoms with Crippen LogP contribution in [0.4, 0.5) is 0 Å². The lowest BCUT2D eigenvalue weighted by Gasteiger charge is -2.15. The smallest absolute Gasteiger partial charge is 0.267 e. The summed E-state index contributed by atoms with van der Waals surface area (Å²) < 4.78 is 0. The topological polar surface area (TPSA) is 44.9 Å². The summed E-state index contributed by atoms with van der Waals surface area (Å²) in [6, 6.07) is 8.35. The molecule has 0 spiro atoms. The van der Waals surface area contributed by atoms with E-state index >= 15 is 0 Å². The molecule has 0 saturated heterocycles. The summed E-state index contributed by atoms with van der Waals surface area (Å²) >= 11 is 0. The van der Waals surface area contributed by atoms with E-state index in [2.05, 4.69) is 37.1 Å². The first-order valence-electron chi connectivity index (χ1n) is 8.04. The van der Waals surface area contributed by atoms with E-state index in [0.29, 0.717) is 5.69 Å². The van der Waals surface area contributed by atoms with Crippen molar-refractivity contribution >= 4 is 16.8 Å². The van der Waals surface area contributed by atoms with Crippen LogP contribution in [-0.4, -0.2) is 16.9 Å². The lowest BCUT2D eigenvalue weighted by atomic mass is 10.1. The van der Waals surface area contributed by atoms with E-state index in [0.717, 1.165) is 30.2 Å². The summed E-state index contributed by atoms with van der Waals surface area (Å²) in [5.41, 5.74) is 2.87. The van der Waals surface area contributed by atoms with E-state index in [1.54, 1.807) is 0 Å². The Morgan fingerprint density at radius 1 is 1.24 bits per heavy atom. The van der Waals surface area contributed by atoms with Gasteiger partial charge >= 0.3 is 0 Å². The van der Waals surface area contributed by atoms with Crippen LogP contribution in [0.5, 0.6) is 0 Å². The normalized spacial score (nSPS) is 11.7. The minimum absolute atomic E-state index is 0.00541. The molecule has 0 bridgehead atoms. The molecule has 3 heteroatoms. The third kappa shape index (κ3) is 4.62. The van der Waals surface area contributed by atoms with Crippen molar-refractivity contribution in [1.82, 2.24) is 10.3 Å². The zero-order valence-corrected chi connectivity index (χ0v) is 13.9. The van der Waals surface area contributed by atoms with Crippen molar-refractivity contribution in [3.05, 3.63) is 35.5 Å². The number of aryl methyl sites for hydroxylation is 1. The molecule has 1 atom stereocenters. The molecule has 0 radical (unpaired) electrons. The third-order valence-electron chi connectivity index (χ3n) is 3.49. The van der Waals surface area contributed by atoms with Crippen LogP contribution < -0.4 is 5.32 Å². The van der Waals surface area contributed by atoms with Crippen LogP contribution in [0.15, 0.2) is 24.3 Å². The maximum atomic E-state index is 12.2. The Hall–Kier alpha value is -1.77. The van der Waals surface area contributed by atoms with Gasteiger partial charge in [-0.05, 0) is 38.0 Å². The van der Waals surface area contributed by atoms with E-state index in [1.807, 2.05) is 32.0 Å². The lowest BCUT2D eigenvalue weighted by molar-refractivity contribution is 0.0929. The Kier molecular flexibility index (Phi) is 7.00. The first kappa shape index (κ1) is 17.3. The van der Waals surface area contributed by atoms with Gasteiger partial charge in [-0.1, -0.05) is 45.7 Å². The largest absolute Gasteiger partial charge is 0.351 e.